The van der Waals surface area contributed by atoms with Crippen molar-refractivity contribution >= 4 is 34.0 Å². The van der Waals surface area contributed by atoms with Crippen molar-refractivity contribution in [1.29, 1.82) is 0 Å². The summed E-state index contributed by atoms with van der Waals surface area (Å²) in [7, 11) is 0. The Morgan fingerprint density at radius 2 is 2.17 bits per heavy atom. The van der Waals surface area contributed by atoms with Crippen LogP contribution in [-0.2, 0) is 0 Å². The van der Waals surface area contributed by atoms with E-state index in [0.29, 0.717) is 5.69 Å². The summed E-state index contributed by atoms with van der Waals surface area (Å²) in [5.74, 6) is 0. The van der Waals surface area contributed by atoms with Crippen LogP contribution in [0.4, 0.5) is 11.4 Å². The van der Waals surface area contributed by atoms with E-state index in [1.807, 2.05) is 22.6 Å². The molecule has 0 spiro atoms. The van der Waals surface area contributed by atoms with Gasteiger partial charge in [-0.2, -0.15) is 0 Å². The largest absolute Gasteiger partial charge is 0.398 e. The predicted octanol–water partition coefficient (Wildman–Crippen LogP) is 2.09. The summed E-state index contributed by atoms with van der Waals surface area (Å²) in [5, 5.41) is 10.4. The zero-order valence-corrected chi connectivity index (χ0v) is 8.53. The molecule has 4 nitrogen and oxygen atoms in total. The molecule has 0 unspecified atom stereocenters. The second kappa shape index (κ2) is 3.26. The van der Waals surface area contributed by atoms with Crippen LogP contribution in [0, 0.1) is 20.6 Å². The molecule has 1 aromatic rings. The van der Waals surface area contributed by atoms with Crippen LogP contribution in [-0.4, -0.2) is 4.92 Å². The highest BCUT2D eigenvalue weighted by atomic mass is 127. The van der Waals surface area contributed by atoms with Gasteiger partial charge < -0.3 is 5.73 Å². The Kier molecular flexibility index (Phi) is 2.51. The number of rotatable bonds is 1. The van der Waals surface area contributed by atoms with Crippen molar-refractivity contribution < 1.29 is 4.92 Å². The highest BCUT2D eigenvalue weighted by molar-refractivity contribution is 14.1. The smallest absolute Gasteiger partial charge is 0.270 e. The lowest BCUT2D eigenvalue weighted by Gasteiger charge is -2.01. The van der Waals surface area contributed by atoms with Crippen LogP contribution in [0.2, 0.25) is 0 Å². The normalized spacial score (nSPS) is 9.83. The van der Waals surface area contributed by atoms with E-state index in [-0.39, 0.29) is 5.69 Å². The Bertz CT molecular complexity index is 315. The van der Waals surface area contributed by atoms with Gasteiger partial charge in [-0.15, -0.1) is 0 Å². The van der Waals surface area contributed by atoms with E-state index in [0.717, 1.165) is 9.13 Å². The summed E-state index contributed by atoms with van der Waals surface area (Å²) >= 11 is 1.98. The van der Waals surface area contributed by atoms with E-state index in [1.165, 1.54) is 12.1 Å². The summed E-state index contributed by atoms with van der Waals surface area (Å²) in [6.07, 6.45) is 0. The van der Waals surface area contributed by atoms with Gasteiger partial charge in [0.25, 0.3) is 5.69 Å². The number of nitrogen functional groups attached to an aromatic ring is 1. The quantitative estimate of drug-likeness (QED) is 0.370. The van der Waals surface area contributed by atoms with Crippen molar-refractivity contribution in [1.82, 2.24) is 0 Å². The minimum Gasteiger partial charge on any atom is -0.398 e. The number of aryl methyl sites for hydroxylation is 1. The standard InChI is InChI=1S/C7H7IN2O2/c1-4-2-5(10(11)12)3-6(8)7(4)9/h2-3H,9H2,1H3. The Morgan fingerprint density at radius 1 is 1.58 bits per heavy atom. The number of nitro groups is 1. The van der Waals surface area contributed by atoms with Crippen LogP contribution >= 0.6 is 22.6 Å². The van der Waals surface area contributed by atoms with Crippen molar-refractivity contribution in [2.45, 2.75) is 6.92 Å². The maximum Gasteiger partial charge on any atom is 0.270 e. The number of hydrogen-bond donors (Lipinski definition) is 1. The zero-order valence-electron chi connectivity index (χ0n) is 6.37. The van der Waals surface area contributed by atoms with Crippen molar-refractivity contribution in [3.63, 3.8) is 0 Å². The maximum absolute atomic E-state index is 10.4. The Hall–Kier alpha value is -0.850. The number of benzene rings is 1. The van der Waals surface area contributed by atoms with Crippen molar-refractivity contribution in [2.75, 3.05) is 5.73 Å². The predicted molar refractivity (Wildman–Crippen MR) is 55.0 cm³/mol. The lowest BCUT2D eigenvalue weighted by Crippen LogP contribution is -1.96. The number of nitrogens with zero attached hydrogens (tertiary/aromatic N) is 1. The van der Waals surface area contributed by atoms with Gasteiger partial charge in [0.15, 0.2) is 0 Å². The fourth-order valence-corrected chi connectivity index (χ4v) is 1.59. The first kappa shape index (κ1) is 9.24. The summed E-state index contributed by atoms with van der Waals surface area (Å²) in [6.45, 7) is 1.75. The van der Waals surface area contributed by atoms with Crippen molar-refractivity contribution in [3.05, 3.63) is 31.4 Å². The molecule has 64 valence electrons. The third-order valence-corrected chi connectivity index (χ3v) is 2.42. The molecule has 0 atom stereocenters. The van der Waals surface area contributed by atoms with E-state index >= 15 is 0 Å². The molecule has 2 N–H and O–H groups in total. The number of hydrogen-bond acceptors (Lipinski definition) is 3. The molecule has 0 radical (unpaired) electrons. The van der Waals surface area contributed by atoms with Gasteiger partial charge in [-0.1, -0.05) is 0 Å². The molecule has 0 aliphatic carbocycles. The highest BCUT2D eigenvalue weighted by Gasteiger charge is 2.09. The van der Waals surface area contributed by atoms with Crippen LogP contribution in [0.1, 0.15) is 5.56 Å². The zero-order chi connectivity index (χ0) is 9.30. The van der Waals surface area contributed by atoms with Crippen molar-refractivity contribution in [2.24, 2.45) is 0 Å². The first-order valence-corrected chi connectivity index (χ1v) is 4.30. The third kappa shape index (κ3) is 1.66. The number of halogens is 1. The van der Waals surface area contributed by atoms with Gasteiger partial charge in [-0.3, -0.25) is 10.1 Å². The Labute approximate surface area is 83.1 Å². The minimum atomic E-state index is -0.422. The summed E-state index contributed by atoms with van der Waals surface area (Å²) in [5.41, 5.74) is 7.07. The van der Waals surface area contributed by atoms with Gasteiger partial charge in [-0.05, 0) is 35.1 Å². The lowest BCUT2D eigenvalue weighted by molar-refractivity contribution is -0.385. The molecule has 0 aliphatic heterocycles. The van der Waals surface area contributed by atoms with Crippen LogP contribution in [0.5, 0.6) is 0 Å². The summed E-state index contributed by atoms with van der Waals surface area (Å²) in [4.78, 5) is 9.96. The molecule has 0 amide bonds. The molecular weight excluding hydrogens is 271 g/mol. The molecule has 0 saturated carbocycles. The molecule has 5 heteroatoms. The molecule has 12 heavy (non-hydrogen) atoms. The van der Waals surface area contributed by atoms with E-state index in [2.05, 4.69) is 0 Å². The highest BCUT2D eigenvalue weighted by Crippen LogP contribution is 2.25. The van der Waals surface area contributed by atoms with Crippen LogP contribution in [0.15, 0.2) is 12.1 Å². The molecule has 0 aromatic heterocycles. The first-order chi connectivity index (χ1) is 5.52. The Balaban J connectivity index is 3.31. The average molecular weight is 278 g/mol. The van der Waals surface area contributed by atoms with Gasteiger partial charge in [0.05, 0.1) is 4.92 Å². The molecule has 1 aromatic carbocycles. The van der Waals surface area contributed by atoms with E-state index in [1.54, 1.807) is 6.92 Å². The Morgan fingerprint density at radius 3 is 2.58 bits per heavy atom. The van der Waals surface area contributed by atoms with Gasteiger partial charge >= 0.3 is 0 Å². The first-order valence-electron chi connectivity index (χ1n) is 3.22. The summed E-state index contributed by atoms with van der Waals surface area (Å²) < 4.78 is 0.722. The number of anilines is 1. The van der Waals surface area contributed by atoms with Gasteiger partial charge in [-0.25, -0.2) is 0 Å². The number of nitrogens with two attached hydrogens (primary N) is 1. The van der Waals surface area contributed by atoms with Crippen LogP contribution in [0.25, 0.3) is 0 Å². The average Bonchev–Trinajstić information content (AvgIpc) is 1.99. The fourth-order valence-electron chi connectivity index (χ4n) is 0.843. The van der Waals surface area contributed by atoms with Gasteiger partial charge in [0.2, 0.25) is 0 Å². The minimum absolute atomic E-state index is 0.0890. The molecule has 0 bridgehead atoms. The topological polar surface area (TPSA) is 69.2 Å². The molecule has 0 fully saturated rings. The second-order valence-corrected chi connectivity index (χ2v) is 3.58. The van der Waals surface area contributed by atoms with Gasteiger partial charge in [0.1, 0.15) is 0 Å². The molecular formula is C7H7IN2O2. The van der Waals surface area contributed by atoms with Gasteiger partial charge in [0, 0.05) is 21.4 Å². The monoisotopic (exact) mass is 278 g/mol. The second-order valence-electron chi connectivity index (χ2n) is 2.42. The van der Waals surface area contributed by atoms with E-state index in [9.17, 15) is 10.1 Å². The fraction of sp³-hybridized carbons (Fsp3) is 0.143. The molecule has 0 heterocycles. The molecule has 1 rings (SSSR count). The van der Waals surface area contributed by atoms with E-state index in [4.69, 9.17) is 5.73 Å². The maximum atomic E-state index is 10.4. The number of nitro benzene ring substituents is 1. The third-order valence-electron chi connectivity index (χ3n) is 1.53. The lowest BCUT2D eigenvalue weighted by atomic mass is 10.2. The number of non-ortho nitro benzene ring substituents is 1. The van der Waals surface area contributed by atoms with Crippen molar-refractivity contribution in [3.8, 4) is 0 Å². The summed E-state index contributed by atoms with van der Waals surface area (Å²) in [6, 6.07) is 2.93. The van der Waals surface area contributed by atoms with E-state index < -0.39 is 4.92 Å². The molecule has 0 saturated heterocycles. The SMILES string of the molecule is Cc1cc([N+](=O)[O-])cc(I)c1N. The molecule has 0 aliphatic rings. The van der Waals surface area contributed by atoms with Crippen LogP contribution < -0.4 is 5.73 Å². The van der Waals surface area contributed by atoms with Crippen LogP contribution in [0.3, 0.4) is 0 Å².